The van der Waals surface area contributed by atoms with Gasteiger partial charge in [0.15, 0.2) is 0 Å². The first-order valence-electron chi connectivity index (χ1n) is 6.11. The Hall–Kier alpha value is -1.51. The van der Waals surface area contributed by atoms with Crippen LogP contribution < -0.4 is 4.74 Å². The molecule has 2 nitrogen and oxygen atoms in total. The Morgan fingerprint density at radius 2 is 1.53 bits per heavy atom. The summed E-state index contributed by atoms with van der Waals surface area (Å²) in [6, 6.07) is 11.1. The molecule has 0 radical (unpaired) electrons. The molecule has 0 saturated heterocycles. The van der Waals surface area contributed by atoms with Crippen molar-refractivity contribution in [3.63, 3.8) is 0 Å². The van der Waals surface area contributed by atoms with Crippen LogP contribution in [0.25, 0.3) is 0 Å². The van der Waals surface area contributed by atoms with E-state index >= 15 is 0 Å². The molecule has 100 valence electrons. The fraction of sp³-hybridized carbons (Fsp3) is 0.250. The molecule has 2 aromatic rings. The van der Waals surface area contributed by atoms with Gasteiger partial charge in [0, 0.05) is 5.02 Å². The zero-order chi connectivity index (χ0) is 14.0. The predicted molar refractivity (Wildman–Crippen MR) is 78.0 cm³/mol. The molecule has 2 aromatic carbocycles. The first kappa shape index (κ1) is 13.9. The summed E-state index contributed by atoms with van der Waals surface area (Å²) in [5.74, 6) is 0.868. The summed E-state index contributed by atoms with van der Waals surface area (Å²) >= 11 is 5.85. The fourth-order valence-corrected chi connectivity index (χ4v) is 2.43. The molecule has 1 N–H and O–H groups in total. The molecule has 1 atom stereocenters. The minimum Gasteiger partial charge on any atom is -0.496 e. The number of aryl methyl sites for hydroxylation is 2. The van der Waals surface area contributed by atoms with Gasteiger partial charge in [0.25, 0.3) is 0 Å². The van der Waals surface area contributed by atoms with E-state index in [0.717, 1.165) is 28.0 Å². The largest absolute Gasteiger partial charge is 0.496 e. The summed E-state index contributed by atoms with van der Waals surface area (Å²) in [7, 11) is 1.66. The lowest BCUT2D eigenvalue weighted by Crippen LogP contribution is -2.02. The number of rotatable bonds is 3. The molecule has 0 saturated carbocycles. The van der Waals surface area contributed by atoms with Crippen molar-refractivity contribution in [1.82, 2.24) is 0 Å². The lowest BCUT2D eigenvalue weighted by atomic mass is 9.97. The van der Waals surface area contributed by atoms with Crippen LogP contribution in [0, 0.1) is 13.8 Å². The van der Waals surface area contributed by atoms with E-state index in [4.69, 9.17) is 16.3 Å². The van der Waals surface area contributed by atoms with E-state index < -0.39 is 6.10 Å². The summed E-state index contributed by atoms with van der Waals surface area (Å²) in [5.41, 5.74) is 3.72. The molecule has 0 fully saturated rings. The number of methoxy groups -OCH3 is 1. The number of benzene rings is 2. The second kappa shape index (κ2) is 5.64. The van der Waals surface area contributed by atoms with Gasteiger partial charge < -0.3 is 9.84 Å². The van der Waals surface area contributed by atoms with Crippen LogP contribution in [0.5, 0.6) is 5.75 Å². The highest BCUT2D eigenvalue weighted by molar-refractivity contribution is 6.30. The number of aliphatic hydroxyl groups is 1. The second-order valence-corrected chi connectivity index (χ2v) is 5.08. The number of aliphatic hydroxyl groups excluding tert-OH is 1. The van der Waals surface area contributed by atoms with Gasteiger partial charge in [-0.3, -0.25) is 0 Å². The summed E-state index contributed by atoms with van der Waals surface area (Å²) < 4.78 is 5.33. The average molecular weight is 277 g/mol. The summed E-state index contributed by atoms with van der Waals surface area (Å²) in [5, 5.41) is 11.1. The fourth-order valence-electron chi connectivity index (χ4n) is 2.30. The Bertz CT molecular complexity index is 553. The first-order valence-corrected chi connectivity index (χ1v) is 6.49. The Kier molecular flexibility index (Phi) is 4.13. The molecule has 2 rings (SSSR count). The smallest absolute Gasteiger partial charge is 0.124 e. The SMILES string of the molecule is COc1c(C)cc(C(O)c2ccc(Cl)cc2)cc1C. The van der Waals surface area contributed by atoms with Crippen molar-refractivity contribution in [3.05, 3.63) is 63.7 Å². The van der Waals surface area contributed by atoms with Gasteiger partial charge in [-0.05, 0) is 60.4 Å². The van der Waals surface area contributed by atoms with Gasteiger partial charge in [0.05, 0.1) is 7.11 Å². The molecule has 0 heterocycles. The number of ether oxygens (including phenoxy) is 1. The first-order chi connectivity index (χ1) is 9.02. The van der Waals surface area contributed by atoms with Gasteiger partial charge in [-0.25, -0.2) is 0 Å². The molecule has 0 aromatic heterocycles. The van der Waals surface area contributed by atoms with Gasteiger partial charge in [0.1, 0.15) is 11.9 Å². The van der Waals surface area contributed by atoms with E-state index in [1.807, 2.05) is 38.1 Å². The molecule has 0 amide bonds. The van der Waals surface area contributed by atoms with Crippen LogP contribution in [-0.4, -0.2) is 12.2 Å². The van der Waals surface area contributed by atoms with E-state index in [1.54, 1.807) is 19.2 Å². The molecule has 19 heavy (non-hydrogen) atoms. The minimum atomic E-state index is -0.652. The Balaban J connectivity index is 2.39. The Labute approximate surface area is 118 Å². The maximum atomic E-state index is 10.4. The third kappa shape index (κ3) is 2.91. The van der Waals surface area contributed by atoms with Crippen molar-refractivity contribution in [2.24, 2.45) is 0 Å². The predicted octanol–water partition coefficient (Wildman–Crippen LogP) is 4.05. The van der Waals surface area contributed by atoms with Crippen molar-refractivity contribution < 1.29 is 9.84 Å². The van der Waals surface area contributed by atoms with E-state index in [1.165, 1.54) is 0 Å². The second-order valence-electron chi connectivity index (χ2n) is 4.64. The average Bonchev–Trinajstić information content (AvgIpc) is 2.38. The molecule has 3 heteroatoms. The highest BCUT2D eigenvalue weighted by Gasteiger charge is 2.13. The maximum absolute atomic E-state index is 10.4. The number of halogens is 1. The zero-order valence-electron chi connectivity index (χ0n) is 11.3. The highest BCUT2D eigenvalue weighted by Crippen LogP contribution is 2.30. The Morgan fingerprint density at radius 1 is 1.00 bits per heavy atom. The van der Waals surface area contributed by atoms with Crippen molar-refractivity contribution in [2.75, 3.05) is 7.11 Å². The molecule has 0 bridgehead atoms. The van der Waals surface area contributed by atoms with Gasteiger partial charge in [-0.15, -0.1) is 0 Å². The van der Waals surface area contributed by atoms with Gasteiger partial charge in [-0.1, -0.05) is 23.7 Å². The molecule has 1 unspecified atom stereocenters. The van der Waals surface area contributed by atoms with E-state index in [2.05, 4.69) is 0 Å². The van der Waals surface area contributed by atoms with Crippen LogP contribution >= 0.6 is 11.6 Å². The van der Waals surface area contributed by atoms with Crippen LogP contribution in [0.4, 0.5) is 0 Å². The molecular weight excluding hydrogens is 260 g/mol. The van der Waals surface area contributed by atoms with Gasteiger partial charge in [-0.2, -0.15) is 0 Å². The standard InChI is InChI=1S/C16H17ClO2/c1-10-8-13(9-11(2)16(10)19-3)15(18)12-4-6-14(17)7-5-12/h4-9,15,18H,1-3H3. The summed E-state index contributed by atoms with van der Waals surface area (Å²) in [4.78, 5) is 0. The van der Waals surface area contributed by atoms with Crippen molar-refractivity contribution in [1.29, 1.82) is 0 Å². The molecular formula is C16H17ClO2. The van der Waals surface area contributed by atoms with Crippen LogP contribution in [0.15, 0.2) is 36.4 Å². The zero-order valence-corrected chi connectivity index (χ0v) is 12.0. The quantitative estimate of drug-likeness (QED) is 0.916. The monoisotopic (exact) mass is 276 g/mol. The Morgan fingerprint density at radius 3 is 2.00 bits per heavy atom. The lowest BCUT2D eigenvalue weighted by molar-refractivity contribution is 0.220. The summed E-state index contributed by atoms with van der Waals surface area (Å²) in [6.45, 7) is 3.95. The highest BCUT2D eigenvalue weighted by atomic mass is 35.5. The molecule has 0 spiro atoms. The third-order valence-corrected chi connectivity index (χ3v) is 3.44. The third-order valence-electron chi connectivity index (χ3n) is 3.19. The lowest BCUT2D eigenvalue weighted by Gasteiger charge is -2.16. The van der Waals surface area contributed by atoms with E-state index in [-0.39, 0.29) is 0 Å². The van der Waals surface area contributed by atoms with Crippen molar-refractivity contribution in [3.8, 4) is 5.75 Å². The van der Waals surface area contributed by atoms with E-state index in [0.29, 0.717) is 5.02 Å². The normalized spacial score (nSPS) is 12.3. The topological polar surface area (TPSA) is 29.5 Å². The van der Waals surface area contributed by atoms with Crippen LogP contribution in [0.3, 0.4) is 0 Å². The van der Waals surface area contributed by atoms with Crippen molar-refractivity contribution in [2.45, 2.75) is 20.0 Å². The summed E-state index contributed by atoms with van der Waals surface area (Å²) in [6.07, 6.45) is -0.652. The van der Waals surface area contributed by atoms with Crippen LogP contribution in [0.1, 0.15) is 28.4 Å². The van der Waals surface area contributed by atoms with Gasteiger partial charge >= 0.3 is 0 Å². The maximum Gasteiger partial charge on any atom is 0.124 e. The van der Waals surface area contributed by atoms with E-state index in [9.17, 15) is 5.11 Å². The van der Waals surface area contributed by atoms with Crippen molar-refractivity contribution >= 4 is 11.6 Å². The van der Waals surface area contributed by atoms with Crippen LogP contribution in [0.2, 0.25) is 5.02 Å². The number of hydrogen-bond acceptors (Lipinski definition) is 2. The number of hydrogen-bond donors (Lipinski definition) is 1. The van der Waals surface area contributed by atoms with Gasteiger partial charge in [0.2, 0.25) is 0 Å². The minimum absolute atomic E-state index is 0.652. The molecule has 0 aliphatic carbocycles. The molecule has 0 aliphatic heterocycles. The molecule has 0 aliphatic rings. The van der Waals surface area contributed by atoms with Crippen LogP contribution in [-0.2, 0) is 0 Å².